The van der Waals surface area contributed by atoms with Crippen LogP contribution in [0.15, 0.2) is 46.9 Å². The summed E-state index contributed by atoms with van der Waals surface area (Å²) in [4.78, 5) is 11.7. The lowest BCUT2D eigenvalue weighted by molar-refractivity contribution is -0.115. The molecule has 0 aliphatic rings. The van der Waals surface area contributed by atoms with Gasteiger partial charge in [-0.15, -0.1) is 0 Å². The minimum absolute atomic E-state index is 0.0516. The van der Waals surface area contributed by atoms with Crippen molar-refractivity contribution >= 4 is 35.0 Å². The monoisotopic (exact) mass is 302 g/mol. The number of nitrogens with one attached hydrogen (secondary N) is 2. The summed E-state index contributed by atoms with van der Waals surface area (Å²) in [5.41, 5.74) is 0.424. The van der Waals surface area contributed by atoms with E-state index in [4.69, 9.17) is 16.6 Å². The summed E-state index contributed by atoms with van der Waals surface area (Å²) in [5.74, 6) is 1.02. The van der Waals surface area contributed by atoms with Crippen LogP contribution in [0, 0.1) is 6.92 Å². The maximum absolute atomic E-state index is 11.7. The van der Waals surface area contributed by atoms with Crippen molar-refractivity contribution in [1.29, 1.82) is 0 Å². The SMILES string of the molecule is Cc1ccc(/C=C/C(=O)NC(=S)Nc2ccccc2O)o1. The van der Waals surface area contributed by atoms with E-state index in [9.17, 15) is 9.90 Å². The van der Waals surface area contributed by atoms with Gasteiger partial charge in [0, 0.05) is 6.08 Å². The summed E-state index contributed by atoms with van der Waals surface area (Å²) >= 11 is 5.00. The van der Waals surface area contributed by atoms with Gasteiger partial charge < -0.3 is 14.8 Å². The van der Waals surface area contributed by atoms with Gasteiger partial charge in [0.2, 0.25) is 5.91 Å². The minimum Gasteiger partial charge on any atom is -0.506 e. The number of amides is 1. The van der Waals surface area contributed by atoms with E-state index in [1.807, 2.05) is 13.0 Å². The Labute approximate surface area is 127 Å². The third-order valence-corrected chi connectivity index (χ3v) is 2.75. The van der Waals surface area contributed by atoms with Crippen LogP contribution in [-0.2, 0) is 4.79 Å². The average molecular weight is 302 g/mol. The van der Waals surface area contributed by atoms with Crippen molar-refractivity contribution in [3.63, 3.8) is 0 Å². The molecule has 1 aromatic heterocycles. The summed E-state index contributed by atoms with van der Waals surface area (Å²) in [6.07, 6.45) is 2.86. The molecule has 2 aromatic rings. The number of para-hydroxylation sites is 2. The highest BCUT2D eigenvalue weighted by Gasteiger charge is 2.04. The fourth-order valence-electron chi connectivity index (χ4n) is 1.59. The van der Waals surface area contributed by atoms with Crippen LogP contribution in [0.25, 0.3) is 6.08 Å². The topological polar surface area (TPSA) is 74.5 Å². The van der Waals surface area contributed by atoms with Crippen LogP contribution in [-0.4, -0.2) is 16.1 Å². The number of phenols is 1. The van der Waals surface area contributed by atoms with Gasteiger partial charge in [0.1, 0.15) is 17.3 Å². The van der Waals surface area contributed by atoms with Crippen LogP contribution < -0.4 is 10.6 Å². The summed E-state index contributed by atoms with van der Waals surface area (Å²) in [6, 6.07) is 10.2. The average Bonchev–Trinajstić information content (AvgIpc) is 2.85. The number of benzene rings is 1. The molecule has 0 unspecified atom stereocenters. The third-order valence-electron chi connectivity index (χ3n) is 2.55. The van der Waals surface area contributed by atoms with E-state index in [1.165, 1.54) is 12.1 Å². The molecular formula is C15H14N2O3S. The van der Waals surface area contributed by atoms with Gasteiger partial charge in [0.25, 0.3) is 0 Å². The molecule has 0 fully saturated rings. The van der Waals surface area contributed by atoms with E-state index in [-0.39, 0.29) is 10.9 Å². The van der Waals surface area contributed by atoms with Crippen LogP contribution in [0.4, 0.5) is 5.69 Å². The molecule has 0 aliphatic heterocycles. The zero-order chi connectivity index (χ0) is 15.2. The molecule has 0 atom stereocenters. The van der Waals surface area contributed by atoms with Crippen molar-refractivity contribution in [1.82, 2.24) is 5.32 Å². The maximum atomic E-state index is 11.7. The lowest BCUT2D eigenvalue weighted by Gasteiger charge is -2.09. The Morgan fingerprint density at radius 1 is 1.29 bits per heavy atom. The highest BCUT2D eigenvalue weighted by molar-refractivity contribution is 7.80. The smallest absolute Gasteiger partial charge is 0.250 e. The number of anilines is 1. The number of carbonyl (C=O) groups is 1. The van der Waals surface area contributed by atoms with Gasteiger partial charge in [0.15, 0.2) is 5.11 Å². The molecule has 3 N–H and O–H groups in total. The van der Waals surface area contributed by atoms with Crippen molar-refractivity contribution in [2.24, 2.45) is 0 Å². The first-order chi connectivity index (χ1) is 10.0. The largest absolute Gasteiger partial charge is 0.506 e. The van der Waals surface area contributed by atoms with Gasteiger partial charge in [0.05, 0.1) is 5.69 Å². The Hall–Kier alpha value is -2.60. The van der Waals surface area contributed by atoms with Crippen LogP contribution in [0.5, 0.6) is 5.75 Å². The molecule has 1 amide bonds. The van der Waals surface area contributed by atoms with Gasteiger partial charge >= 0.3 is 0 Å². The molecule has 1 aromatic carbocycles. The van der Waals surface area contributed by atoms with Crippen LogP contribution in [0.3, 0.4) is 0 Å². The predicted octanol–water partition coefficient (Wildman–Crippen LogP) is 2.82. The summed E-state index contributed by atoms with van der Waals surface area (Å²) in [6.45, 7) is 1.82. The van der Waals surface area contributed by atoms with Crippen molar-refractivity contribution < 1.29 is 14.3 Å². The molecule has 1 heterocycles. The second-order valence-corrected chi connectivity index (χ2v) is 4.65. The van der Waals surface area contributed by atoms with Crippen molar-refractivity contribution in [3.8, 4) is 5.75 Å². The Balaban J connectivity index is 1.89. The number of rotatable bonds is 3. The number of aryl methyl sites for hydroxylation is 1. The molecule has 0 radical (unpaired) electrons. The number of carbonyl (C=O) groups excluding carboxylic acids is 1. The molecule has 21 heavy (non-hydrogen) atoms. The standard InChI is InChI=1S/C15H14N2O3S/c1-10-6-7-11(20-10)8-9-14(19)17-15(21)16-12-4-2-3-5-13(12)18/h2-9,18H,1H3,(H2,16,17,19,21)/b9-8+. The van der Waals surface area contributed by atoms with Gasteiger partial charge in [-0.1, -0.05) is 12.1 Å². The second-order valence-electron chi connectivity index (χ2n) is 4.24. The van der Waals surface area contributed by atoms with Crippen molar-refractivity contribution in [3.05, 3.63) is 54.0 Å². The molecule has 0 aliphatic carbocycles. The lowest BCUT2D eigenvalue weighted by Crippen LogP contribution is -2.32. The highest BCUT2D eigenvalue weighted by atomic mass is 32.1. The van der Waals surface area contributed by atoms with Crippen molar-refractivity contribution in [2.45, 2.75) is 6.92 Å². The molecule has 108 valence electrons. The van der Waals surface area contributed by atoms with Crippen LogP contribution >= 0.6 is 12.2 Å². The Kier molecular flexibility index (Phi) is 4.73. The Bertz CT molecular complexity index is 692. The zero-order valence-corrected chi connectivity index (χ0v) is 12.1. The van der Waals surface area contributed by atoms with Gasteiger partial charge in [-0.3, -0.25) is 10.1 Å². The first kappa shape index (κ1) is 14.8. The number of hydrogen-bond acceptors (Lipinski definition) is 4. The van der Waals surface area contributed by atoms with Gasteiger partial charge in [-0.2, -0.15) is 0 Å². The molecule has 2 rings (SSSR count). The Morgan fingerprint density at radius 2 is 2.05 bits per heavy atom. The van der Waals surface area contributed by atoms with E-state index in [0.29, 0.717) is 11.4 Å². The fourth-order valence-corrected chi connectivity index (χ4v) is 1.80. The van der Waals surface area contributed by atoms with E-state index in [1.54, 1.807) is 30.3 Å². The highest BCUT2D eigenvalue weighted by Crippen LogP contribution is 2.21. The first-order valence-corrected chi connectivity index (χ1v) is 6.60. The van der Waals surface area contributed by atoms with Crippen LogP contribution in [0.2, 0.25) is 0 Å². The number of thiocarbonyl (C=S) groups is 1. The van der Waals surface area contributed by atoms with Crippen LogP contribution in [0.1, 0.15) is 11.5 Å². The normalized spacial score (nSPS) is 10.5. The molecule has 0 saturated heterocycles. The summed E-state index contributed by atoms with van der Waals surface area (Å²) < 4.78 is 5.30. The summed E-state index contributed by atoms with van der Waals surface area (Å²) in [5, 5.41) is 14.9. The Morgan fingerprint density at radius 3 is 2.71 bits per heavy atom. The predicted molar refractivity (Wildman–Crippen MR) is 84.9 cm³/mol. The number of phenolic OH excluding ortho intramolecular Hbond substituents is 1. The zero-order valence-electron chi connectivity index (χ0n) is 11.3. The fraction of sp³-hybridized carbons (Fsp3) is 0.0667. The number of hydrogen-bond donors (Lipinski definition) is 3. The number of aromatic hydroxyl groups is 1. The molecule has 0 spiro atoms. The van der Waals surface area contributed by atoms with Crippen molar-refractivity contribution in [2.75, 3.05) is 5.32 Å². The summed E-state index contributed by atoms with van der Waals surface area (Å²) in [7, 11) is 0. The molecule has 0 saturated carbocycles. The third kappa shape index (κ3) is 4.47. The second kappa shape index (κ2) is 6.71. The molecule has 0 bridgehead atoms. The van der Waals surface area contributed by atoms with E-state index in [0.717, 1.165) is 5.76 Å². The molecule has 5 nitrogen and oxygen atoms in total. The quantitative estimate of drug-likeness (QED) is 0.462. The first-order valence-electron chi connectivity index (χ1n) is 6.19. The minimum atomic E-state index is -0.392. The molecule has 6 heteroatoms. The van der Waals surface area contributed by atoms with E-state index >= 15 is 0 Å². The van der Waals surface area contributed by atoms with Gasteiger partial charge in [-0.05, 0) is 49.5 Å². The number of furan rings is 1. The lowest BCUT2D eigenvalue weighted by atomic mass is 10.3. The van der Waals surface area contributed by atoms with E-state index < -0.39 is 5.91 Å². The molecular weight excluding hydrogens is 288 g/mol. The van der Waals surface area contributed by atoms with Gasteiger partial charge in [-0.25, -0.2) is 0 Å². The maximum Gasteiger partial charge on any atom is 0.250 e. The van der Waals surface area contributed by atoms with E-state index in [2.05, 4.69) is 10.6 Å².